The van der Waals surface area contributed by atoms with E-state index in [1.54, 1.807) is 30.5 Å². The van der Waals surface area contributed by atoms with Crippen molar-refractivity contribution >= 4 is 28.4 Å². The summed E-state index contributed by atoms with van der Waals surface area (Å²) in [7, 11) is 0. The highest BCUT2D eigenvalue weighted by Gasteiger charge is 2.09. The number of Topliss-reactive ketones (excluding diaryl/α,β-unsaturated/α-hetero) is 1. The van der Waals surface area contributed by atoms with E-state index in [0.717, 1.165) is 5.69 Å². The topological polar surface area (TPSA) is 68.0 Å². The molecule has 94 valence electrons. The van der Waals surface area contributed by atoms with Gasteiger partial charge in [0.1, 0.15) is 0 Å². The summed E-state index contributed by atoms with van der Waals surface area (Å²) in [5, 5.41) is 7.03. The quantitative estimate of drug-likeness (QED) is 0.726. The number of ketones is 1. The molecule has 1 aromatic carbocycles. The van der Waals surface area contributed by atoms with Gasteiger partial charge in [-0.2, -0.15) is 0 Å². The normalized spacial score (nSPS) is 10.6. The van der Waals surface area contributed by atoms with Crippen LogP contribution in [0.3, 0.4) is 0 Å². The first-order chi connectivity index (χ1) is 9.24. The average molecular weight is 253 g/mol. The lowest BCUT2D eigenvalue weighted by atomic mass is 10.1. The Labute approximate surface area is 109 Å². The number of rotatable bonds is 3. The van der Waals surface area contributed by atoms with Gasteiger partial charge in [-0.05, 0) is 31.2 Å². The Balaban J connectivity index is 1.97. The van der Waals surface area contributed by atoms with Crippen LogP contribution in [0.25, 0.3) is 11.1 Å². The first-order valence-corrected chi connectivity index (χ1v) is 5.82. The molecule has 0 fully saturated rings. The van der Waals surface area contributed by atoms with Crippen LogP contribution in [0.5, 0.6) is 0 Å². The number of anilines is 2. The minimum absolute atomic E-state index is 0.0202. The molecule has 0 atom stereocenters. The number of fused-ring (bicyclic) bond motifs is 1. The average Bonchev–Trinajstić information content (AvgIpc) is 2.83. The zero-order valence-electron chi connectivity index (χ0n) is 10.3. The molecule has 0 aliphatic heterocycles. The molecule has 1 N–H and O–H groups in total. The molecule has 0 amide bonds. The van der Waals surface area contributed by atoms with Crippen molar-refractivity contribution < 1.29 is 9.32 Å². The Morgan fingerprint density at radius 3 is 3.00 bits per heavy atom. The summed E-state index contributed by atoms with van der Waals surface area (Å²) in [5.41, 5.74) is 2.70. The number of nitrogens with one attached hydrogen (secondary N) is 1. The number of hydrogen-bond donors (Lipinski definition) is 1. The number of nitrogens with zero attached hydrogens (tertiary/aromatic N) is 2. The van der Waals surface area contributed by atoms with Gasteiger partial charge >= 0.3 is 0 Å². The van der Waals surface area contributed by atoms with Crippen molar-refractivity contribution in [1.29, 1.82) is 0 Å². The lowest BCUT2D eigenvalue weighted by molar-refractivity contribution is 0.101. The van der Waals surface area contributed by atoms with Gasteiger partial charge in [0.05, 0.1) is 0 Å². The number of carbonyl (C=O) groups is 1. The molecule has 5 heteroatoms. The maximum atomic E-state index is 11.3. The fourth-order valence-corrected chi connectivity index (χ4v) is 1.81. The first kappa shape index (κ1) is 11.4. The molecule has 2 heterocycles. The molecule has 0 radical (unpaired) electrons. The molecule has 0 unspecified atom stereocenters. The number of benzene rings is 1. The van der Waals surface area contributed by atoms with Crippen LogP contribution in [-0.4, -0.2) is 15.9 Å². The second kappa shape index (κ2) is 4.53. The highest BCUT2D eigenvalue weighted by molar-refractivity contribution is 5.95. The highest BCUT2D eigenvalue weighted by atomic mass is 16.5. The van der Waals surface area contributed by atoms with Gasteiger partial charge in [-0.3, -0.25) is 4.79 Å². The SMILES string of the molecule is CC(=O)c1cccc(Nc2noc3cccnc23)c1. The van der Waals surface area contributed by atoms with Crippen LogP contribution >= 0.6 is 0 Å². The Hall–Kier alpha value is -2.69. The maximum absolute atomic E-state index is 11.3. The Morgan fingerprint density at radius 1 is 1.26 bits per heavy atom. The summed E-state index contributed by atoms with van der Waals surface area (Å²) >= 11 is 0. The summed E-state index contributed by atoms with van der Waals surface area (Å²) in [4.78, 5) is 15.5. The number of hydrogen-bond acceptors (Lipinski definition) is 5. The van der Waals surface area contributed by atoms with Crippen molar-refractivity contribution in [2.45, 2.75) is 6.92 Å². The molecule has 0 spiro atoms. The smallest absolute Gasteiger partial charge is 0.200 e. The minimum Gasteiger partial charge on any atom is -0.352 e. The van der Waals surface area contributed by atoms with E-state index < -0.39 is 0 Å². The van der Waals surface area contributed by atoms with E-state index in [2.05, 4.69) is 15.5 Å². The van der Waals surface area contributed by atoms with Gasteiger partial charge in [-0.25, -0.2) is 4.98 Å². The van der Waals surface area contributed by atoms with Crippen molar-refractivity contribution in [2.75, 3.05) is 5.32 Å². The minimum atomic E-state index is 0.0202. The van der Waals surface area contributed by atoms with Gasteiger partial charge in [0, 0.05) is 17.4 Å². The van der Waals surface area contributed by atoms with Gasteiger partial charge in [0.25, 0.3) is 0 Å². The Kier molecular flexibility index (Phi) is 2.72. The maximum Gasteiger partial charge on any atom is 0.200 e. The van der Waals surface area contributed by atoms with E-state index >= 15 is 0 Å². The molecule has 3 aromatic rings. The van der Waals surface area contributed by atoms with E-state index in [4.69, 9.17) is 4.52 Å². The van der Waals surface area contributed by atoms with Gasteiger partial charge < -0.3 is 9.84 Å². The van der Waals surface area contributed by atoms with Gasteiger partial charge in [-0.1, -0.05) is 17.3 Å². The molecule has 0 saturated carbocycles. The third-order valence-corrected chi connectivity index (χ3v) is 2.76. The second-order valence-electron chi connectivity index (χ2n) is 4.14. The van der Waals surface area contributed by atoms with Crippen LogP contribution in [0.2, 0.25) is 0 Å². The molecule has 5 nitrogen and oxygen atoms in total. The Bertz CT molecular complexity index is 749. The lowest BCUT2D eigenvalue weighted by Crippen LogP contribution is -1.96. The molecule has 3 rings (SSSR count). The summed E-state index contributed by atoms with van der Waals surface area (Å²) in [6.07, 6.45) is 1.68. The summed E-state index contributed by atoms with van der Waals surface area (Å²) < 4.78 is 5.16. The molecular weight excluding hydrogens is 242 g/mol. The third kappa shape index (κ3) is 2.18. The van der Waals surface area contributed by atoms with Gasteiger partial charge in [0.15, 0.2) is 22.7 Å². The van der Waals surface area contributed by atoms with Crippen molar-refractivity contribution in [3.05, 3.63) is 48.2 Å². The van der Waals surface area contributed by atoms with Crippen molar-refractivity contribution in [3.8, 4) is 0 Å². The summed E-state index contributed by atoms with van der Waals surface area (Å²) in [5.74, 6) is 0.558. The number of carbonyl (C=O) groups excluding carboxylic acids is 1. The van der Waals surface area contributed by atoms with Crippen LogP contribution in [0, 0.1) is 0 Å². The molecule has 19 heavy (non-hydrogen) atoms. The summed E-state index contributed by atoms with van der Waals surface area (Å²) in [6.45, 7) is 1.53. The van der Waals surface area contributed by atoms with Gasteiger partial charge in [0.2, 0.25) is 0 Å². The predicted molar refractivity (Wildman–Crippen MR) is 71.5 cm³/mol. The largest absolute Gasteiger partial charge is 0.352 e. The molecule has 0 aliphatic rings. The highest BCUT2D eigenvalue weighted by Crippen LogP contribution is 2.23. The monoisotopic (exact) mass is 253 g/mol. The third-order valence-electron chi connectivity index (χ3n) is 2.76. The molecule has 0 bridgehead atoms. The van der Waals surface area contributed by atoms with E-state index in [-0.39, 0.29) is 5.78 Å². The van der Waals surface area contributed by atoms with Crippen molar-refractivity contribution in [3.63, 3.8) is 0 Å². The lowest BCUT2D eigenvalue weighted by Gasteiger charge is -2.03. The molecule has 0 saturated heterocycles. The van der Waals surface area contributed by atoms with Crippen molar-refractivity contribution in [1.82, 2.24) is 10.1 Å². The molecule has 0 aliphatic carbocycles. The zero-order chi connectivity index (χ0) is 13.2. The van der Waals surface area contributed by atoms with Crippen molar-refractivity contribution in [2.24, 2.45) is 0 Å². The van der Waals surface area contributed by atoms with E-state index in [1.807, 2.05) is 12.1 Å². The first-order valence-electron chi connectivity index (χ1n) is 5.82. The molecule has 2 aromatic heterocycles. The van der Waals surface area contributed by atoms with Crippen LogP contribution in [0.4, 0.5) is 11.5 Å². The van der Waals surface area contributed by atoms with Crippen LogP contribution in [-0.2, 0) is 0 Å². The fraction of sp³-hybridized carbons (Fsp3) is 0.0714. The standard InChI is InChI=1S/C14H11N3O2/c1-9(18)10-4-2-5-11(8-10)16-14-13-12(19-17-14)6-3-7-15-13/h2-8H,1H3,(H,16,17). The second-order valence-corrected chi connectivity index (χ2v) is 4.14. The van der Waals surface area contributed by atoms with E-state index in [9.17, 15) is 4.79 Å². The molecular formula is C14H11N3O2. The van der Waals surface area contributed by atoms with Crippen LogP contribution in [0.1, 0.15) is 17.3 Å². The van der Waals surface area contributed by atoms with Crippen LogP contribution in [0.15, 0.2) is 47.1 Å². The number of aromatic nitrogens is 2. The van der Waals surface area contributed by atoms with Gasteiger partial charge in [-0.15, -0.1) is 0 Å². The van der Waals surface area contributed by atoms with E-state index in [1.165, 1.54) is 6.92 Å². The zero-order valence-corrected chi connectivity index (χ0v) is 10.3. The number of pyridine rings is 1. The van der Waals surface area contributed by atoms with E-state index in [0.29, 0.717) is 22.5 Å². The Morgan fingerprint density at radius 2 is 2.16 bits per heavy atom. The predicted octanol–water partition coefficient (Wildman–Crippen LogP) is 3.17. The fourth-order valence-electron chi connectivity index (χ4n) is 1.81. The summed E-state index contributed by atoms with van der Waals surface area (Å²) in [6, 6.07) is 10.8. The van der Waals surface area contributed by atoms with Crippen LogP contribution < -0.4 is 5.32 Å².